The number of likely N-dealkylation sites (tertiary alicyclic amines) is 1. The summed E-state index contributed by atoms with van der Waals surface area (Å²) in [5.41, 5.74) is 6.46. The average Bonchev–Trinajstić information content (AvgIpc) is 3.14. The van der Waals surface area contributed by atoms with Crippen molar-refractivity contribution in [2.24, 2.45) is 17.6 Å². The fourth-order valence-corrected chi connectivity index (χ4v) is 5.98. The topological polar surface area (TPSA) is 84.7 Å². The molecule has 1 aromatic rings. The van der Waals surface area contributed by atoms with Gasteiger partial charge in [0.15, 0.2) is 0 Å². The van der Waals surface area contributed by atoms with Gasteiger partial charge in [-0.2, -0.15) is 0 Å². The summed E-state index contributed by atoms with van der Waals surface area (Å²) in [6, 6.07) is 3.12. The van der Waals surface area contributed by atoms with E-state index in [2.05, 4.69) is 9.62 Å². The zero-order valence-electron chi connectivity index (χ0n) is 15.9. The first kappa shape index (κ1) is 20.2. The normalized spacial score (nSPS) is 36.6. The summed E-state index contributed by atoms with van der Waals surface area (Å²) in [6.07, 6.45) is 2.92. The maximum atomic E-state index is 14.1. The van der Waals surface area contributed by atoms with E-state index in [1.54, 1.807) is 0 Å². The second-order valence-corrected chi connectivity index (χ2v) is 10.3. The summed E-state index contributed by atoms with van der Waals surface area (Å²) in [5, 5.41) is 0. The Hall–Kier alpha value is -1.13. The average molecular weight is 416 g/mol. The Morgan fingerprint density at radius 2 is 1.86 bits per heavy atom. The summed E-state index contributed by atoms with van der Waals surface area (Å²) in [6.45, 7) is 2.22. The second-order valence-electron chi connectivity index (χ2n) is 8.51. The maximum absolute atomic E-state index is 14.1. The van der Waals surface area contributed by atoms with Crippen LogP contribution in [0.2, 0.25) is 0 Å². The van der Waals surface area contributed by atoms with Crippen LogP contribution in [0, 0.1) is 23.5 Å². The molecule has 1 aliphatic carbocycles. The van der Waals surface area contributed by atoms with Crippen molar-refractivity contribution < 1.29 is 21.9 Å². The third-order valence-corrected chi connectivity index (χ3v) is 7.10. The summed E-state index contributed by atoms with van der Waals surface area (Å²) < 4.78 is 59.1. The second kappa shape index (κ2) is 7.60. The maximum Gasteiger partial charge on any atom is 0.208 e. The smallest absolute Gasteiger partial charge is 0.208 e. The molecule has 5 atom stereocenters. The summed E-state index contributed by atoms with van der Waals surface area (Å²) in [7, 11) is -3.18. The van der Waals surface area contributed by atoms with Crippen LogP contribution in [0.1, 0.15) is 30.9 Å². The molecule has 1 saturated carbocycles. The fourth-order valence-electron chi connectivity index (χ4n) is 5.19. The zero-order chi connectivity index (χ0) is 20.1. The van der Waals surface area contributed by atoms with Gasteiger partial charge in [-0.3, -0.25) is 4.90 Å². The molecule has 3 N–H and O–H groups in total. The standard InChI is InChI=1S/C19H27F2N3O3S/c1-28(25,26)23-14-4-11-8-24(9-12(11)5-14)15-7-18(22)19(27-10-15)16-6-13(20)2-3-17(16)21/h2-3,6,11-12,14-15,18-19,23H,4-5,7-10,22H2,1H3. The van der Waals surface area contributed by atoms with E-state index in [1.165, 1.54) is 6.26 Å². The van der Waals surface area contributed by atoms with Gasteiger partial charge in [0.2, 0.25) is 10.0 Å². The van der Waals surface area contributed by atoms with Gasteiger partial charge in [-0.25, -0.2) is 21.9 Å². The van der Waals surface area contributed by atoms with Crippen molar-refractivity contribution in [1.82, 2.24) is 9.62 Å². The van der Waals surface area contributed by atoms with E-state index >= 15 is 0 Å². The number of hydrogen-bond donors (Lipinski definition) is 2. The molecule has 0 aromatic heterocycles. The lowest BCUT2D eigenvalue weighted by molar-refractivity contribution is -0.0485. The van der Waals surface area contributed by atoms with Crippen LogP contribution in [0.5, 0.6) is 0 Å². The summed E-state index contributed by atoms with van der Waals surface area (Å²) >= 11 is 0. The van der Waals surface area contributed by atoms with Crippen molar-refractivity contribution in [3.8, 4) is 0 Å². The monoisotopic (exact) mass is 415 g/mol. The SMILES string of the molecule is CS(=O)(=O)NC1CC2CN(C3COC(c4cc(F)ccc4F)C(N)C3)CC2C1. The molecular weight excluding hydrogens is 388 g/mol. The quantitative estimate of drug-likeness (QED) is 0.776. The molecule has 3 aliphatic rings. The number of halogens is 2. The minimum absolute atomic E-state index is 0.0253. The van der Waals surface area contributed by atoms with E-state index in [1.807, 2.05) is 0 Å². The fraction of sp³-hybridized carbons (Fsp3) is 0.684. The van der Waals surface area contributed by atoms with Crippen LogP contribution in [0.3, 0.4) is 0 Å². The van der Waals surface area contributed by atoms with Crippen LogP contribution in [-0.4, -0.2) is 57.4 Å². The molecule has 1 aromatic carbocycles. The molecule has 0 spiro atoms. The Labute approximate surface area is 164 Å². The van der Waals surface area contributed by atoms with Gasteiger partial charge < -0.3 is 10.5 Å². The van der Waals surface area contributed by atoms with E-state index in [9.17, 15) is 17.2 Å². The van der Waals surface area contributed by atoms with E-state index in [0.29, 0.717) is 24.9 Å². The molecule has 0 bridgehead atoms. The van der Waals surface area contributed by atoms with Gasteiger partial charge in [0.25, 0.3) is 0 Å². The molecule has 2 saturated heterocycles. The van der Waals surface area contributed by atoms with Crippen LogP contribution in [0.4, 0.5) is 8.78 Å². The summed E-state index contributed by atoms with van der Waals surface area (Å²) in [5.74, 6) is -0.0675. The molecule has 2 heterocycles. The first-order valence-electron chi connectivity index (χ1n) is 9.73. The Morgan fingerprint density at radius 1 is 1.18 bits per heavy atom. The van der Waals surface area contributed by atoms with Crippen LogP contribution in [0.25, 0.3) is 0 Å². The Kier molecular flexibility index (Phi) is 5.47. The number of rotatable bonds is 4. The van der Waals surface area contributed by atoms with Crippen molar-refractivity contribution in [2.45, 2.75) is 43.5 Å². The predicted molar refractivity (Wildman–Crippen MR) is 101 cm³/mol. The van der Waals surface area contributed by atoms with E-state index < -0.39 is 33.8 Å². The minimum atomic E-state index is -3.18. The van der Waals surface area contributed by atoms with Gasteiger partial charge in [-0.15, -0.1) is 0 Å². The molecule has 28 heavy (non-hydrogen) atoms. The number of ether oxygens (including phenoxy) is 1. The molecular formula is C19H27F2N3O3S. The largest absolute Gasteiger partial charge is 0.370 e. The first-order chi connectivity index (χ1) is 13.2. The van der Waals surface area contributed by atoms with E-state index in [-0.39, 0.29) is 17.6 Å². The molecule has 4 rings (SSSR count). The number of nitrogens with two attached hydrogens (primary N) is 1. The lowest BCUT2D eigenvalue weighted by Crippen LogP contribution is -2.49. The number of hydrogen-bond acceptors (Lipinski definition) is 5. The molecule has 156 valence electrons. The number of sulfonamides is 1. The van der Waals surface area contributed by atoms with Gasteiger partial charge in [0, 0.05) is 36.8 Å². The van der Waals surface area contributed by atoms with Crippen LogP contribution >= 0.6 is 0 Å². The third kappa shape index (κ3) is 4.23. The van der Waals surface area contributed by atoms with E-state index in [4.69, 9.17) is 10.5 Å². The van der Waals surface area contributed by atoms with Gasteiger partial charge >= 0.3 is 0 Å². The minimum Gasteiger partial charge on any atom is -0.370 e. The Balaban J connectivity index is 1.34. The van der Waals surface area contributed by atoms with Crippen molar-refractivity contribution in [1.29, 1.82) is 0 Å². The molecule has 3 fully saturated rings. The highest BCUT2D eigenvalue weighted by Crippen LogP contribution is 2.41. The highest BCUT2D eigenvalue weighted by Gasteiger charge is 2.45. The van der Waals surface area contributed by atoms with E-state index in [0.717, 1.165) is 44.1 Å². The summed E-state index contributed by atoms with van der Waals surface area (Å²) in [4.78, 5) is 2.37. The van der Waals surface area contributed by atoms with Crippen LogP contribution in [0.15, 0.2) is 18.2 Å². The van der Waals surface area contributed by atoms with Gasteiger partial charge in [-0.1, -0.05) is 0 Å². The number of nitrogens with one attached hydrogen (secondary N) is 1. The Bertz CT molecular complexity index is 824. The lowest BCUT2D eigenvalue weighted by Gasteiger charge is -2.39. The van der Waals surface area contributed by atoms with Gasteiger partial charge in [0.1, 0.15) is 17.7 Å². The van der Waals surface area contributed by atoms with Crippen LogP contribution in [-0.2, 0) is 14.8 Å². The molecule has 2 aliphatic heterocycles. The molecule has 0 amide bonds. The van der Waals surface area contributed by atoms with Crippen molar-refractivity contribution in [2.75, 3.05) is 26.0 Å². The zero-order valence-corrected chi connectivity index (χ0v) is 16.7. The molecule has 5 unspecified atom stereocenters. The molecule has 9 heteroatoms. The molecule has 6 nitrogen and oxygen atoms in total. The molecule has 0 radical (unpaired) electrons. The lowest BCUT2D eigenvalue weighted by atomic mass is 9.93. The third-order valence-electron chi connectivity index (χ3n) is 6.34. The van der Waals surface area contributed by atoms with Gasteiger partial charge in [-0.05, 0) is 49.3 Å². The Morgan fingerprint density at radius 3 is 2.46 bits per heavy atom. The van der Waals surface area contributed by atoms with Crippen molar-refractivity contribution in [3.05, 3.63) is 35.4 Å². The predicted octanol–water partition coefficient (Wildman–Crippen LogP) is 1.38. The van der Waals surface area contributed by atoms with Crippen molar-refractivity contribution in [3.63, 3.8) is 0 Å². The number of nitrogens with zero attached hydrogens (tertiary/aromatic N) is 1. The number of fused-ring (bicyclic) bond motifs is 1. The van der Waals surface area contributed by atoms with Gasteiger partial charge in [0.05, 0.1) is 12.9 Å². The van der Waals surface area contributed by atoms with Crippen LogP contribution < -0.4 is 10.5 Å². The number of benzene rings is 1. The highest BCUT2D eigenvalue weighted by atomic mass is 32.2. The first-order valence-corrected chi connectivity index (χ1v) is 11.6. The van der Waals surface area contributed by atoms with Crippen molar-refractivity contribution >= 4 is 10.0 Å². The highest BCUT2D eigenvalue weighted by molar-refractivity contribution is 7.88.